The SMILES string of the molecule is CNS(=O)(=O)c1cc(/C=C/C(=O)OCc2ccc(S(=O)(=O)N(C)C)o2)ccc1OC. The Kier molecular flexibility index (Phi) is 7.42. The number of ether oxygens (including phenoxy) is 2. The summed E-state index contributed by atoms with van der Waals surface area (Å²) < 4.78 is 66.6. The van der Waals surface area contributed by atoms with Gasteiger partial charge in [-0.25, -0.2) is 30.7 Å². The minimum absolute atomic E-state index is 0.0757. The highest BCUT2D eigenvalue weighted by atomic mass is 32.2. The number of hydrogen-bond acceptors (Lipinski definition) is 8. The molecular formula is C18H22N2O8S2. The number of benzene rings is 1. The van der Waals surface area contributed by atoms with Gasteiger partial charge in [-0.1, -0.05) is 6.07 Å². The van der Waals surface area contributed by atoms with Gasteiger partial charge in [-0.2, -0.15) is 0 Å². The van der Waals surface area contributed by atoms with Crippen molar-refractivity contribution in [3.63, 3.8) is 0 Å². The highest BCUT2D eigenvalue weighted by Crippen LogP contribution is 2.25. The van der Waals surface area contributed by atoms with Gasteiger partial charge in [0.2, 0.25) is 15.1 Å². The van der Waals surface area contributed by atoms with Crippen molar-refractivity contribution in [1.82, 2.24) is 9.03 Å². The van der Waals surface area contributed by atoms with E-state index in [0.717, 1.165) is 10.4 Å². The van der Waals surface area contributed by atoms with Crippen LogP contribution in [-0.2, 0) is 36.2 Å². The number of esters is 1. The molecule has 1 aromatic carbocycles. The number of nitrogens with one attached hydrogen (secondary N) is 1. The molecule has 0 aliphatic heterocycles. The summed E-state index contributed by atoms with van der Waals surface area (Å²) in [4.78, 5) is 11.9. The Labute approximate surface area is 175 Å². The molecule has 1 N–H and O–H groups in total. The van der Waals surface area contributed by atoms with E-state index in [1.807, 2.05) is 0 Å². The van der Waals surface area contributed by atoms with Gasteiger partial charge in [-0.05, 0) is 43.0 Å². The van der Waals surface area contributed by atoms with Crippen molar-refractivity contribution >= 4 is 32.1 Å². The van der Waals surface area contributed by atoms with E-state index in [1.165, 1.54) is 58.6 Å². The molecule has 0 radical (unpaired) electrons. The second-order valence-corrected chi connectivity index (χ2v) is 10.0. The zero-order chi connectivity index (χ0) is 22.5. The van der Waals surface area contributed by atoms with Crippen LogP contribution in [0.5, 0.6) is 5.75 Å². The summed E-state index contributed by atoms with van der Waals surface area (Å²) >= 11 is 0. The smallest absolute Gasteiger partial charge is 0.331 e. The Morgan fingerprint density at radius 1 is 1.17 bits per heavy atom. The van der Waals surface area contributed by atoms with Crippen molar-refractivity contribution < 1.29 is 35.5 Å². The molecule has 0 atom stereocenters. The maximum absolute atomic E-state index is 12.1. The van der Waals surface area contributed by atoms with Crippen LogP contribution >= 0.6 is 0 Å². The Morgan fingerprint density at radius 2 is 1.87 bits per heavy atom. The van der Waals surface area contributed by atoms with Crippen molar-refractivity contribution in [3.05, 3.63) is 47.7 Å². The van der Waals surface area contributed by atoms with E-state index in [1.54, 1.807) is 6.07 Å². The van der Waals surface area contributed by atoms with Gasteiger partial charge < -0.3 is 13.9 Å². The zero-order valence-electron chi connectivity index (χ0n) is 16.8. The van der Waals surface area contributed by atoms with Crippen LogP contribution in [0.4, 0.5) is 0 Å². The topological polar surface area (TPSA) is 132 Å². The van der Waals surface area contributed by atoms with Gasteiger partial charge in [0.1, 0.15) is 23.0 Å². The minimum atomic E-state index is -3.75. The van der Waals surface area contributed by atoms with E-state index in [4.69, 9.17) is 13.9 Å². The minimum Gasteiger partial charge on any atom is -0.495 e. The van der Waals surface area contributed by atoms with E-state index < -0.39 is 26.0 Å². The molecule has 0 saturated carbocycles. The molecule has 10 nitrogen and oxygen atoms in total. The Bertz CT molecular complexity index is 1150. The average Bonchev–Trinajstić information content (AvgIpc) is 3.20. The molecule has 0 fully saturated rings. The number of rotatable bonds is 9. The fraction of sp³-hybridized carbons (Fsp3) is 0.278. The number of furan rings is 1. The first kappa shape index (κ1) is 23.6. The van der Waals surface area contributed by atoms with E-state index >= 15 is 0 Å². The van der Waals surface area contributed by atoms with Gasteiger partial charge in [-0.3, -0.25) is 0 Å². The maximum atomic E-state index is 12.1. The van der Waals surface area contributed by atoms with Crippen LogP contribution in [0.1, 0.15) is 11.3 Å². The summed E-state index contributed by atoms with van der Waals surface area (Å²) in [5, 5.41) is -0.259. The number of carbonyl (C=O) groups excluding carboxylic acids is 1. The van der Waals surface area contributed by atoms with Gasteiger partial charge >= 0.3 is 5.97 Å². The van der Waals surface area contributed by atoms with Crippen molar-refractivity contribution in [2.24, 2.45) is 0 Å². The molecule has 12 heteroatoms. The van der Waals surface area contributed by atoms with Gasteiger partial charge in [0.05, 0.1) is 7.11 Å². The summed E-state index contributed by atoms with van der Waals surface area (Å²) in [5.41, 5.74) is 0.430. The molecular weight excluding hydrogens is 436 g/mol. The number of methoxy groups -OCH3 is 1. The fourth-order valence-corrected chi connectivity index (χ4v) is 3.97. The molecule has 0 amide bonds. The number of hydrogen-bond donors (Lipinski definition) is 1. The van der Waals surface area contributed by atoms with E-state index in [2.05, 4.69) is 4.72 Å². The Hall–Kier alpha value is -2.67. The third-order valence-corrected chi connectivity index (χ3v) is 7.01. The van der Waals surface area contributed by atoms with Crippen molar-refractivity contribution in [3.8, 4) is 5.75 Å². The predicted molar refractivity (Wildman–Crippen MR) is 108 cm³/mol. The molecule has 30 heavy (non-hydrogen) atoms. The Balaban J connectivity index is 2.07. The number of nitrogens with zero attached hydrogens (tertiary/aromatic N) is 1. The normalized spacial score (nSPS) is 12.4. The number of carbonyl (C=O) groups is 1. The molecule has 0 spiro atoms. The zero-order valence-corrected chi connectivity index (χ0v) is 18.4. The van der Waals surface area contributed by atoms with Crippen LogP contribution in [0.3, 0.4) is 0 Å². The van der Waals surface area contributed by atoms with Crippen LogP contribution in [0.2, 0.25) is 0 Å². The molecule has 0 aliphatic rings. The van der Waals surface area contributed by atoms with Crippen molar-refractivity contribution in [1.29, 1.82) is 0 Å². The first-order chi connectivity index (χ1) is 14.0. The molecule has 0 unspecified atom stereocenters. The van der Waals surface area contributed by atoms with Crippen molar-refractivity contribution in [2.75, 3.05) is 28.3 Å². The molecule has 164 valence electrons. The molecule has 0 aliphatic carbocycles. The lowest BCUT2D eigenvalue weighted by Gasteiger charge is -2.09. The quantitative estimate of drug-likeness (QED) is 0.438. The summed E-state index contributed by atoms with van der Waals surface area (Å²) in [6.45, 7) is -0.270. The molecule has 2 aromatic rings. The third kappa shape index (κ3) is 5.48. The summed E-state index contributed by atoms with van der Waals surface area (Å²) in [5.74, 6) is -0.411. The first-order valence-corrected chi connectivity index (χ1v) is 11.4. The third-order valence-electron chi connectivity index (χ3n) is 3.89. The van der Waals surface area contributed by atoms with Gasteiger partial charge in [-0.15, -0.1) is 0 Å². The fourth-order valence-electron chi connectivity index (χ4n) is 2.23. The second-order valence-electron chi connectivity index (χ2n) is 6.07. The molecule has 1 aromatic heterocycles. The maximum Gasteiger partial charge on any atom is 0.331 e. The predicted octanol–water partition coefficient (Wildman–Crippen LogP) is 1.20. The van der Waals surface area contributed by atoms with Gasteiger partial charge in [0.25, 0.3) is 10.0 Å². The lowest BCUT2D eigenvalue weighted by molar-refractivity contribution is -0.139. The second kappa shape index (κ2) is 9.43. The standard InChI is InChI=1S/C18H22N2O8S2/c1-19-29(22,23)16-11-13(5-8-15(16)26-4)6-9-17(21)27-12-14-7-10-18(28-14)30(24,25)20(2)3/h5-11,19H,12H2,1-4H3/b9-6+. The largest absolute Gasteiger partial charge is 0.495 e. The first-order valence-electron chi connectivity index (χ1n) is 8.49. The van der Waals surface area contributed by atoms with Crippen molar-refractivity contribution in [2.45, 2.75) is 16.6 Å². The van der Waals surface area contributed by atoms with Gasteiger partial charge in [0, 0.05) is 20.2 Å². The molecule has 0 saturated heterocycles. The van der Waals surface area contributed by atoms with Crippen LogP contribution < -0.4 is 9.46 Å². The highest BCUT2D eigenvalue weighted by Gasteiger charge is 2.22. The van der Waals surface area contributed by atoms with Crippen LogP contribution in [0.15, 0.2) is 50.8 Å². The van der Waals surface area contributed by atoms with Crippen LogP contribution in [0, 0.1) is 0 Å². The molecule has 1 heterocycles. The Morgan fingerprint density at radius 3 is 2.47 bits per heavy atom. The lowest BCUT2D eigenvalue weighted by Crippen LogP contribution is -2.21. The number of sulfonamides is 2. The summed E-state index contributed by atoms with van der Waals surface area (Å²) in [7, 11) is -2.11. The van der Waals surface area contributed by atoms with E-state index in [9.17, 15) is 21.6 Å². The molecule has 0 bridgehead atoms. The van der Waals surface area contributed by atoms with Crippen LogP contribution in [-0.4, -0.2) is 55.4 Å². The van der Waals surface area contributed by atoms with E-state index in [0.29, 0.717) is 5.56 Å². The monoisotopic (exact) mass is 458 g/mol. The highest BCUT2D eigenvalue weighted by molar-refractivity contribution is 7.89. The molecule has 2 rings (SSSR count). The van der Waals surface area contributed by atoms with Gasteiger partial charge in [0.15, 0.2) is 0 Å². The average molecular weight is 459 g/mol. The lowest BCUT2D eigenvalue weighted by atomic mass is 10.2. The summed E-state index contributed by atoms with van der Waals surface area (Å²) in [6.07, 6.45) is 2.48. The summed E-state index contributed by atoms with van der Waals surface area (Å²) in [6, 6.07) is 7.05. The van der Waals surface area contributed by atoms with Crippen LogP contribution in [0.25, 0.3) is 6.08 Å². The van der Waals surface area contributed by atoms with E-state index in [-0.39, 0.29) is 28.1 Å².